The van der Waals surface area contributed by atoms with E-state index in [0.717, 1.165) is 5.75 Å². The molecule has 0 unspecified atom stereocenters. The first-order valence-corrected chi connectivity index (χ1v) is 3.13. The minimum Gasteiger partial charge on any atom is -0.175 e. The molecule has 0 heterocycles. The summed E-state index contributed by atoms with van der Waals surface area (Å²) in [4.78, 5) is 0. The fourth-order valence-electron chi connectivity index (χ4n) is 0.189. The van der Waals surface area contributed by atoms with Crippen molar-refractivity contribution in [3.8, 4) is 0 Å². The van der Waals surface area contributed by atoms with E-state index in [1.807, 2.05) is 18.2 Å². The van der Waals surface area contributed by atoms with Gasteiger partial charge in [0, 0.05) is 5.75 Å². The number of rotatable bonds is 2. The lowest BCUT2D eigenvalue weighted by Crippen LogP contribution is -1.54. The fourth-order valence-corrected chi connectivity index (χ4v) is 0.410. The summed E-state index contributed by atoms with van der Waals surface area (Å²) >= 11 is 7.78. The summed E-state index contributed by atoms with van der Waals surface area (Å²) < 4.78 is 0. The van der Waals surface area contributed by atoms with Gasteiger partial charge in [0.2, 0.25) is 0 Å². The van der Waals surface area contributed by atoms with Crippen molar-refractivity contribution in [2.24, 2.45) is 0 Å². The summed E-state index contributed by atoms with van der Waals surface area (Å²) in [5.74, 6) is 0.790. The number of allylic oxidation sites excluding steroid dienone is 2. The molecule has 0 aromatic carbocycles. The van der Waals surface area contributed by atoms with Crippen molar-refractivity contribution in [1.29, 1.82) is 0 Å². The van der Waals surface area contributed by atoms with E-state index in [-0.39, 0.29) is 0 Å². The van der Waals surface area contributed by atoms with Crippen LogP contribution in [0.25, 0.3) is 0 Å². The summed E-state index contributed by atoms with van der Waals surface area (Å²) in [5.41, 5.74) is 0. The van der Waals surface area contributed by atoms with Crippen LogP contribution in [0.15, 0.2) is 23.6 Å². The highest BCUT2D eigenvalue weighted by molar-refractivity contribution is 7.83. The van der Waals surface area contributed by atoms with Crippen LogP contribution in [0.4, 0.5) is 0 Å². The van der Waals surface area contributed by atoms with Crippen LogP contribution in [-0.2, 0) is 0 Å². The lowest BCUT2D eigenvalue weighted by Gasteiger charge is -1.69. The third-order valence-electron chi connectivity index (χ3n) is 0.439. The molecule has 7 heavy (non-hydrogen) atoms. The van der Waals surface area contributed by atoms with E-state index in [4.69, 9.17) is 0 Å². The smallest absolute Gasteiger partial charge is 0.00856 e. The van der Waals surface area contributed by atoms with Crippen molar-refractivity contribution in [2.75, 3.05) is 5.75 Å². The molecule has 0 N–H and O–H groups in total. The van der Waals surface area contributed by atoms with Gasteiger partial charge < -0.3 is 0 Å². The average molecular weight is 132 g/mol. The largest absolute Gasteiger partial charge is 0.175 e. The van der Waals surface area contributed by atoms with Gasteiger partial charge in [0.1, 0.15) is 0 Å². The molecule has 0 rings (SSSR count). The third-order valence-corrected chi connectivity index (χ3v) is 0.822. The summed E-state index contributed by atoms with van der Waals surface area (Å²) in [6.07, 6.45) is 5.69. The van der Waals surface area contributed by atoms with Crippen molar-refractivity contribution in [2.45, 2.75) is 0 Å². The number of thiol groups is 2. The Hall–Kier alpha value is 0.180. The summed E-state index contributed by atoms with van der Waals surface area (Å²) in [5, 5.41) is 1.68. The normalized spacial score (nSPS) is 11.7. The Bertz CT molecular complexity index is 74.1. The average Bonchev–Trinajstić information content (AvgIpc) is 1.69. The van der Waals surface area contributed by atoms with Crippen molar-refractivity contribution in [3.05, 3.63) is 23.6 Å². The SMILES string of the molecule is S/C=C/C=C/CS. The molecule has 0 saturated carbocycles. The topological polar surface area (TPSA) is 0 Å². The first kappa shape index (κ1) is 7.18. The molecule has 0 aliphatic heterocycles. The Kier molecular flexibility index (Phi) is 6.34. The maximum absolute atomic E-state index is 3.95. The molecular formula is C5H8S2. The Labute approximate surface area is 55.1 Å². The quantitative estimate of drug-likeness (QED) is 0.416. The Morgan fingerprint density at radius 2 is 2.00 bits per heavy atom. The maximum Gasteiger partial charge on any atom is 0.00856 e. The Morgan fingerprint density at radius 3 is 2.43 bits per heavy atom. The van der Waals surface area contributed by atoms with Gasteiger partial charge in [0.05, 0.1) is 0 Å². The molecule has 0 atom stereocenters. The molecule has 0 aromatic rings. The fraction of sp³-hybridized carbons (Fsp3) is 0.200. The van der Waals surface area contributed by atoms with Gasteiger partial charge in [-0.1, -0.05) is 18.2 Å². The molecule has 2 heteroatoms. The van der Waals surface area contributed by atoms with E-state index in [9.17, 15) is 0 Å². The molecule has 0 radical (unpaired) electrons. The van der Waals surface area contributed by atoms with E-state index in [1.165, 1.54) is 0 Å². The van der Waals surface area contributed by atoms with Gasteiger partial charge in [0.25, 0.3) is 0 Å². The van der Waals surface area contributed by atoms with E-state index < -0.39 is 0 Å². The highest BCUT2D eigenvalue weighted by Crippen LogP contribution is 1.81. The first-order chi connectivity index (χ1) is 3.41. The second-order valence-corrected chi connectivity index (χ2v) is 1.62. The van der Waals surface area contributed by atoms with Crippen molar-refractivity contribution in [3.63, 3.8) is 0 Å². The van der Waals surface area contributed by atoms with E-state index in [2.05, 4.69) is 25.3 Å². The molecule has 0 bridgehead atoms. The van der Waals surface area contributed by atoms with Crippen LogP contribution in [0, 0.1) is 0 Å². The molecule has 0 amide bonds. The van der Waals surface area contributed by atoms with Crippen LogP contribution in [-0.4, -0.2) is 5.75 Å². The highest BCUT2D eigenvalue weighted by Gasteiger charge is 1.58. The Morgan fingerprint density at radius 1 is 1.29 bits per heavy atom. The second kappa shape index (κ2) is 6.18. The summed E-state index contributed by atoms with van der Waals surface area (Å²) in [7, 11) is 0. The Balaban J connectivity index is 3.09. The van der Waals surface area contributed by atoms with Crippen LogP contribution in [0.5, 0.6) is 0 Å². The summed E-state index contributed by atoms with van der Waals surface area (Å²) in [6, 6.07) is 0. The van der Waals surface area contributed by atoms with Crippen molar-refractivity contribution >= 4 is 25.3 Å². The van der Waals surface area contributed by atoms with Crippen LogP contribution in [0.1, 0.15) is 0 Å². The van der Waals surface area contributed by atoms with Gasteiger partial charge in [-0.3, -0.25) is 0 Å². The first-order valence-electron chi connectivity index (χ1n) is 1.98. The van der Waals surface area contributed by atoms with Crippen LogP contribution in [0.2, 0.25) is 0 Å². The minimum atomic E-state index is 0.790. The highest BCUT2D eigenvalue weighted by atomic mass is 32.1. The predicted molar refractivity (Wildman–Crippen MR) is 41.1 cm³/mol. The van der Waals surface area contributed by atoms with Crippen molar-refractivity contribution < 1.29 is 0 Å². The lowest BCUT2D eigenvalue weighted by atomic mass is 10.5. The van der Waals surface area contributed by atoms with E-state index in [1.54, 1.807) is 5.41 Å². The molecule has 0 aromatic heterocycles. The molecular weight excluding hydrogens is 124 g/mol. The standard InChI is InChI=1S/C5H8S2/c6-4-2-1-3-5-7/h1-4,6-7H,5H2/b3-1+,4-2+. The minimum absolute atomic E-state index is 0.790. The molecule has 0 aliphatic carbocycles. The maximum atomic E-state index is 3.95. The number of hydrogen-bond donors (Lipinski definition) is 2. The van der Waals surface area contributed by atoms with E-state index in [0.29, 0.717) is 0 Å². The zero-order valence-electron chi connectivity index (χ0n) is 3.91. The number of hydrogen-bond acceptors (Lipinski definition) is 2. The lowest BCUT2D eigenvalue weighted by molar-refractivity contribution is 1.78. The zero-order chi connectivity index (χ0) is 5.54. The molecule has 0 fully saturated rings. The molecule has 0 aliphatic rings. The van der Waals surface area contributed by atoms with Crippen LogP contribution < -0.4 is 0 Å². The zero-order valence-corrected chi connectivity index (χ0v) is 5.70. The third kappa shape index (κ3) is 6.18. The molecule has 0 spiro atoms. The monoisotopic (exact) mass is 132 g/mol. The van der Waals surface area contributed by atoms with E-state index >= 15 is 0 Å². The van der Waals surface area contributed by atoms with Gasteiger partial charge in [-0.25, -0.2) is 0 Å². The molecule has 0 saturated heterocycles. The van der Waals surface area contributed by atoms with Gasteiger partial charge in [-0.15, -0.1) is 0 Å². The van der Waals surface area contributed by atoms with Gasteiger partial charge in [0.15, 0.2) is 0 Å². The molecule has 40 valence electrons. The second-order valence-electron chi connectivity index (χ2n) is 0.952. The molecule has 0 nitrogen and oxygen atoms in total. The van der Waals surface area contributed by atoms with Crippen LogP contribution in [0.3, 0.4) is 0 Å². The van der Waals surface area contributed by atoms with Gasteiger partial charge in [-0.2, -0.15) is 25.3 Å². The van der Waals surface area contributed by atoms with Crippen molar-refractivity contribution in [1.82, 2.24) is 0 Å². The van der Waals surface area contributed by atoms with Crippen LogP contribution >= 0.6 is 25.3 Å². The summed E-state index contributed by atoms with van der Waals surface area (Å²) in [6.45, 7) is 0. The predicted octanol–water partition coefficient (Wildman–Crippen LogP) is 1.92. The van der Waals surface area contributed by atoms with Gasteiger partial charge in [-0.05, 0) is 5.41 Å². The van der Waals surface area contributed by atoms with Gasteiger partial charge >= 0.3 is 0 Å².